The van der Waals surface area contributed by atoms with Crippen molar-refractivity contribution in [3.05, 3.63) is 35.2 Å². The Morgan fingerprint density at radius 3 is 3.00 bits per heavy atom. The van der Waals surface area contributed by atoms with Crippen molar-refractivity contribution in [3.63, 3.8) is 0 Å². The highest BCUT2D eigenvalue weighted by Gasteiger charge is 2.31. The summed E-state index contributed by atoms with van der Waals surface area (Å²) in [5, 5.41) is 4.76. The minimum absolute atomic E-state index is 0.104. The van der Waals surface area contributed by atoms with Crippen LogP contribution in [0.15, 0.2) is 28.8 Å². The topological polar surface area (TPSA) is 59.2 Å². The fraction of sp³-hybridized carbons (Fsp3) is 0.571. The van der Waals surface area contributed by atoms with Gasteiger partial charge in [-0.3, -0.25) is 4.79 Å². The quantitative estimate of drug-likeness (QED) is 0.643. The monoisotopic (exact) mass is 389 g/mol. The SMILES string of the molecule is CCCC[C@@H](CC)C(=O)N1CCC[C@@H](c2nc(-c3cccc(Cl)c3)no2)C1. The van der Waals surface area contributed by atoms with Gasteiger partial charge in [-0.15, -0.1) is 0 Å². The lowest BCUT2D eigenvalue weighted by Gasteiger charge is -2.33. The second kappa shape index (κ2) is 9.36. The average molecular weight is 390 g/mol. The Hall–Kier alpha value is -1.88. The van der Waals surface area contributed by atoms with Crippen LogP contribution in [0, 0.1) is 5.92 Å². The van der Waals surface area contributed by atoms with E-state index in [9.17, 15) is 4.79 Å². The number of aromatic nitrogens is 2. The van der Waals surface area contributed by atoms with Crippen molar-refractivity contribution < 1.29 is 9.32 Å². The second-order valence-corrected chi connectivity index (χ2v) is 7.77. The van der Waals surface area contributed by atoms with E-state index < -0.39 is 0 Å². The molecule has 0 aliphatic carbocycles. The van der Waals surface area contributed by atoms with Gasteiger partial charge in [0.25, 0.3) is 0 Å². The summed E-state index contributed by atoms with van der Waals surface area (Å²) in [4.78, 5) is 19.5. The van der Waals surface area contributed by atoms with E-state index in [4.69, 9.17) is 16.1 Å². The van der Waals surface area contributed by atoms with Crippen LogP contribution in [-0.4, -0.2) is 34.0 Å². The van der Waals surface area contributed by atoms with Crippen molar-refractivity contribution in [2.75, 3.05) is 13.1 Å². The highest BCUT2D eigenvalue weighted by molar-refractivity contribution is 6.30. The number of likely N-dealkylation sites (tertiary alicyclic amines) is 1. The van der Waals surface area contributed by atoms with E-state index >= 15 is 0 Å². The van der Waals surface area contributed by atoms with Gasteiger partial charge in [-0.05, 0) is 37.8 Å². The molecule has 1 saturated heterocycles. The van der Waals surface area contributed by atoms with Gasteiger partial charge in [0.1, 0.15) is 0 Å². The van der Waals surface area contributed by atoms with E-state index in [2.05, 4.69) is 24.0 Å². The first-order chi connectivity index (χ1) is 13.1. The molecule has 0 spiro atoms. The van der Waals surface area contributed by atoms with Crippen molar-refractivity contribution in [1.82, 2.24) is 15.0 Å². The third kappa shape index (κ3) is 4.89. The molecule has 146 valence electrons. The molecule has 1 aliphatic rings. The standard InChI is InChI=1S/C21H28ClN3O2/c1-3-5-8-15(4-2)21(26)25-12-7-10-17(14-25)20-23-19(24-27-20)16-9-6-11-18(22)13-16/h6,9,11,13,15,17H,3-5,7-8,10,12,14H2,1-2H3/t15-,17-/m1/s1. The number of benzene rings is 1. The number of carbonyl (C=O) groups is 1. The molecule has 27 heavy (non-hydrogen) atoms. The molecule has 2 heterocycles. The number of carbonyl (C=O) groups excluding carboxylic acids is 1. The molecule has 1 aliphatic heterocycles. The first-order valence-corrected chi connectivity index (χ1v) is 10.4. The van der Waals surface area contributed by atoms with Crippen LogP contribution in [0.4, 0.5) is 0 Å². The number of halogens is 1. The predicted molar refractivity (Wildman–Crippen MR) is 107 cm³/mol. The number of amides is 1. The molecular formula is C21H28ClN3O2. The van der Waals surface area contributed by atoms with Crippen molar-refractivity contribution in [2.24, 2.45) is 5.92 Å². The zero-order valence-electron chi connectivity index (χ0n) is 16.2. The van der Waals surface area contributed by atoms with Gasteiger partial charge in [-0.1, -0.05) is 55.6 Å². The van der Waals surface area contributed by atoms with E-state index in [0.29, 0.717) is 23.3 Å². The molecule has 2 atom stereocenters. The smallest absolute Gasteiger partial charge is 0.231 e. The van der Waals surface area contributed by atoms with Crippen LogP contribution >= 0.6 is 11.6 Å². The minimum atomic E-state index is 0.104. The second-order valence-electron chi connectivity index (χ2n) is 7.34. The molecule has 2 aromatic rings. The van der Waals surface area contributed by atoms with E-state index in [-0.39, 0.29) is 17.7 Å². The lowest BCUT2D eigenvalue weighted by molar-refractivity contribution is -0.137. The van der Waals surface area contributed by atoms with Gasteiger partial charge >= 0.3 is 0 Å². The average Bonchev–Trinajstić information content (AvgIpc) is 3.19. The third-order valence-electron chi connectivity index (χ3n) is 5.36. The van der Waals surface area contributed by atoms with Crippen molar-refractivity contribution in [1.29, 1.82) is 0 Å². The highest BCUT2D eigenvalue weighted by atomic mass is 35.5. The first-order valence-electron chi connectivity index (χ1n) is 10.0. The maximum Gasteiger partial charge on any atom is 0.231 e. The number of unbranched alkanes of at least 4 members (excludes halogenated alkanes) is 1. The fourth-order valence-electron chi connectivity index (χ4n) is 3.74. The van der Waals surface area contributed by atoms with Crippen LogP contribution in [0.2, 0.25) is 5.02 Å². The van der Waals surface area contributed by atoms with Crippen molar-refractivity contribution in [2.45, 2.75) is 58.3 Å². The van der Waals surface area contributed by atoms with Gasteiger partial charge in [0.2, 0.25) is 17.6 Å². The normalized spacial score (nSPS) is 18.5. The Bertz CT molecular complexity index is 761. The van der Waals surface area contributed by atoms with Gasteiger partial charge in [0.15, 0.2) is 0 Å². The summed E-state index contributed by atoms with van der Waals surface area (Å²) in [6.07, 6.45) is 6.04. The van der Waals surface area contributed by atoms with Crippen LogP contribution in [0.3, 0.4) is 0 Å². The van der Waals surface area contributed by atoms with Gasteiger partial charge in [-0.25, -0.2) is 0 Å². The fourth-order valence-corrected chi connectivity index (χ4v) is 3.93. The lowest BCUT2D eigenvalue weighted by Crippen LogP contribution is -2.42. The molecule has 5 nitrogen and oxygen atoms in total. The maximum atomic E-state index is 12.9. The molecule has 3 rings (SSSR count). The Morgan fingerprint density at radius 1 is 1.41 bits per heavy atom. The minimum Gasteiger partial charge on any atom is -0.342 e. The molecule has 0 unspecified atom stereocenters. The Balaban J connectivity index is 1.68. The molecule has 6 heteroatoms. The molecule has 0 radical (unpaired) electrons. The summed E-state index contributed by atoms with van der Waals surface area (Å²) >= 11 is 6.05. The number of hydrogen-bond acceptors (Lipinski definition) is 4. The summed E-state index contributed by atoms with van der Waals surface area (Å²) < 4.78 is 5.54. The predicted octanol–water partition coefficient (Wildman–Crippen LogP) is 5.31. The highest BCUT2D eigenvalue weighted by Crippen LogP contribution is 2.29. The summed E-state index contributed by atoms with van der Waals surface area (Å²) in [6.45, 7) is 5.77. The largest absolute Gasteiger partial charge is 0.342 e. The van der Waals surface area contributed by atoms with E-state index in [0.717, 1.165) is 50.6 Å². The van der Waals surface area contributed by atoms with Gasteiger partial charge in [-0.2, -0.15) is 4.98 Å². The van der Waals surface area contributed by atoms with E-state index in [1.54, 1.807) is 0 Å². The summed E-state index contributed by atoms with van der Waals surface area (Å²) in [7, 11) is 0. The zero-order valence-corrected chi connectivity index (χ0v) is 16.9. The van der Waals surface area contributed by atoms with Crippen LogP contribution in [-0.2, 0) is 4.79 Å². The van der Waals surface area contributed by atoms with Crippen molar-refractivity contribution >= 4 is 17.5 Å². The number of nitrogens with zero attached hydrogens (tertiary/aromatic N) is 3. The number of piperidine rings is 1. The Kier molecular flexibility index (Phi) is 6.89. The number of rotatable bonds is 7. The maximum absolute atomic E-state index is 12.9. The van der Waals surface area contributed by atoms with Gasteiger partial charge < -0.3 is 9.42 Å². The Morgan fingerprint density at radius 2 is 2.26 bits per heavy atom. The molecule has 0 saturated carbocycles. The van der Waals surface area contributed by atoms with Crippen LogP contribution < -0.4 is 0 Å². The van der Waals surface area contributed by atoms with Crippen LogP contribution in [0.25, 0.3) is 11.4 Å². The molecule has 1 aromatic carbocycles. The van der Waals surface area contributed by atoms with Gasteiger partial charge in [0.05, 0.1) is 5.92 Å². The number of hydrogen-bond donors (Lipinski definition) is 0. The molecule has 1 fully saturated rings. The Labute approximate surface area is 166 Å². The summed E-state index contributed by atoms with van der Waals surface area (Å²) in [5.74, 6) is 1.68. The molecule has 1 aromatic heterocycles. The third-order valence-corrected chi connectivity index (χ3v) is 5.59. The molecular weight excluding hydrogens is 362 g/mol. The lowest BCUT2D eigenvalue weighted by atomic mass is 9.93. The summed E-state index contributed by atoms with van der Waals surface area (Å²) in [5.41, 5.74) is 0.840. The van der Waals surface area contributed by atoms with Crippen LogP contribution in [0.5, 0.6) is 0 Å². The van der Waals surface area contributed by atoms with Crippen LogP contribution in [0.1, 0.15) is 64.2 Å². The molecule has 0 N–H and O–H groups in total. The first kappa shape index (κ1) is 19.9. The van der Waals surface area contributed by atoms with Gasteiger partial charge in [0, 0.05) is 29.6 Å². The van der Waals surface area contributed by atoms with E-state index in [1.165, 1.54) is 0 Å². The van der Waals surface area contributed by atoms with Crippen molar-refractivity contribution in [3.8, 4) is 11.4 Å². The zero-order chi connectivity index (χ0) is 19.2. The molecule has 1 amide bonds. The summed E-state index contributed by atoms with van der Waals surface area (Å²) in [6, 6.07) is 7.43. The van der Waals surface area contributed by atoms with E-state index in [1.807, 2.05) is 29.2 Å². The molecule has 0 bridgehead atoms.